The largest absolute Gasteiger partial charge is 0.411 e. The third-order valence-electron chi connectivity index (χ3n) is 3.26. The number of anilines is 1. The maximum atomic E-state index is 13.0. The van der Waals surface area contributed by atoms with E-state index < -0.39 is 10.7 Å². The Kier molecular flexibility index (Phi) is 5.67. The molecule has 0 aliphatic heterocycles. The number of rotatable bonds is 6. The average Bonchev–Trinajstić information content (AvgIpc) is 3.11. The number of carbonyl (C=O) groups is 1. The van der Waals surface area contributed by atoms with Gasteiger partial charge in [-0.3, -0.25) is 14.9 Å². The van der Waals surface area contributed by atoms with E-state index in [4.69, 9.17) is 16.0 Å². The second kappa shape index (κ2) is 8.14. The Hall–Kier alpha value is -2.98. The Balaban J connectivity index is 1.59. The molecule has 3 rings (SSSR count). The summed E-state index contributed by atoms with van der Waals surface area (Å²) in [6, 6.07) is 9.27. The highest BCUT2D eigenvalue weighted by atomic mass is 35.5. The molecule has 138 valence electrons. The van der Waals surface area contributed by atoms with Crippen LogP contribution in [0.4, 0.5) is 15.8 Å². The number of amides is 1. The summed E-state index contributed by atoms with van der Waals surface area (Å²) in [6.07, 6.45) is 0. The number of hydrogen-bond donors (Lipinski definition) is 1. The molecule has 8 nitrogen and oxygen atoms in total. The van der Waals surface area contributed by atoms with E-state index in [1.54, 1.807) is 0 Å². The van der Waals surface area contributed by atoms with E-state index in [2.05, 4.69) is 15.5 Å². The SMILES string of the molecule is O=C(CSc1nnc(-c2ccc([N+](=O)[O-])cc2)o1)Nc1ccc(F)cc1Cl. The van der Waals surface area contributed by atoms with Crippen molar-refractivity contribution in [2.75, 3.05) is 11.1 Å². The molecule has 1 amide bonds. The third kappa shape index (κ3) is 4.80. The number of non-ortho nitro benzene ring substituents is 1. The van der Waals surface area contributed by atoms with Gasteiger partial charge in [0.2, 0.25) is 11.8 Å². The minimum absolute atomic E-state index is 0.0321. The van der Waals surface area contributed by atoms with Crippen molar-refractivity contribution in [2.45, 2.75) is 5.22 Å². The Morgan fingerprint density at radius 1 is 1.26 bits per heavy atom. The summed E-state index contributed by atoms with van der Waals surface area (Å²) in [4.78, 5) is 22.1. The Labute approximate surface area is 160 Å². The molecular weight excluding hydrogens is 399 g/mol. The first kappa shape index (κ1) is 18.8. The number of aromatic nitrogens is 2. The minimum atomic E-state index is -0.509. The molecule has 27 heavy (non-hydrogen) atoms. The topological polar surface area (TPSA) is 111 Å². The molecule has 0 unspecified atom stereocenters. The van der Waals surface area contributed by atoms with Crippen LogP contribution in [-0.2, 0) is 4.79 Å². The van der Waals surface area contributed by atoms with Gasteiger partial charge in [0, 0.05) is 17.7 Å². The van der Waals surface area contributed by atoms with Crippen molar-refractivity contribution in [2.24, 2.45) is 0 Å². The minimum Gasteiger partial charge on any atom is -0.411 e. The predicted octanol–water partition coefficient (Wildman–Crippen LogP) is 4.17. The second-order valence-corrected chi connectivity index (χ2v) is 6.47. The van der Waals surface area contributed by atoms with E-state index in [0.717, 1.165) is 17.8 Å². The molecular formula is C16H10ClFN4O4S. The molecule has 0 aliphatic carbocycles. The van der Waals surface area contributed by atoms with Gasteiger partial charge in [0.05, 0.1) is 21.4 Å². The van der Waals surface area contributed by atoms with Gasteiger partial charge in [-0.15, -0.1) is 10.2 Å². The van der Waals surface area contributed by atoms with Crippen LogP contribution in [0.15, 0.2) is 52.1 Å². The molecule has 0 atom stereocenters. The quantitative estimate of drug-likeness (QED) is 0.370. The lowest BCUT2D eigenvalue weighted by Gasteiger charge is -2.06. The zero-order chi connectivity index (χ0) is 19.4. The Morgan fingerprint density at radius 2 is 2.00 bits per heavy atom. The van der Waals surface area contributed by atoms with Crippen LogP contribution in [0.3, 0.4) is 0 Å². The van der Waals surface area contributed by atoms with Crippen LogP contribution in [0.25, 0.3) is 11.5 Å². The molecule has 2 aromatic carbocycles. The van der Waals surface area contributed by atoms with Gasteiger partial charge in [0.1, 0.15) is 5.82 Å². The molecule has 0 saturated carbocycles. The molecule has 0 aliphatic rings. The lowest BCUT2D eigenvalue weighted by molar-refractivity contribution is -0.384. The Bertz CT molecular complexity index is 996. The van der Waals surface area contributed by atoms with Crippen LogP contribution in [0.5, 0.6) is 0 Å². The van der Waals surface area contributed by atoms with Crippen molar-refractivity contribution >= 4 is 40.6 Å². The van der Waals surface area contributed by atoms with E-state index in [9.17, 15) is 19.3 Å². The highest BCUT2D eigenvalue weighted by Gasteiger charge is 2.13. The van der Waals surface area contributed by atoms with Crippen LogP contribution in [0, 0.1) is 15.9 Å². The molecule has 0 saturated heterocycles. The van der Waals surface area contributed by atoms with Crippen LogP contribution in [-0.4, -0.2) is 26.8 Å². The number of thioether (sulfide) groups is 1. The first-order valence-corrected chi connectivity index (χ1v) is 8.75. The summed E-state index contributed by atoms with van der Waals surface area (Å²) in [6.45, 7) is 0. The van der Waals surface area contributed by atoms with Crippen molar-refractivity contribution in [1.29, 1.82) is 0 Å². The van der Waals surface area contributed by atoms with Gasteiger partial charge >= 0.3 is 0 Å². The highest BCUT2D eigenvalue weighted by Crippen LogP contribution is 2.26. The van der Waals surface area contributed by atoms with Crippen LogP contribution in [0.2, 0.25) is 5.02 Å². The van der Waals surface area contributed by atoms with Gasteiger partial charge in [-0.2, -0.15) is 0 Å². The lowest BCUT2D eigenvalue weighted by atomic mass is 10.2. The fraction of sp³-hybridized carbons (Fsp3) is 0.0625. The fourth-order valence-electron chi connectivity index (χ4n) is 2.01. The summed E-state index contributed by atoms with van der Waals surface area (Å²) >= 11 is 6.85. The van der Waals surface area contributed by atoms with Crippen molar-refractivity contribution in [3.8, 4) is 11.5 Å². The number of carbonyl (C=O) groups excluding carboxylic acids is 1. The molecule has 0 radical (unpaired) electrons. The smallest absolute Gasteiger partial charge is 0.277 e. The van der Waals surface area contributed by atoms with Gasteiger partial charge in [0.15, 0.2) is 0 Å². The monoisotopic (exact) mass is 408 g/mol. The first-order chi connectivity index (χ1) is 12.9. The molecule has 11 heteroatoms. The lowest BCUT2D eigenvalue weighted by Crippen LogP contribution is -2.14. The average molecular weight is 409 g/mol. The molecule has 3 aromatic rings. The molecule has 1 N–H and O–H groups in total. The normalized spacial score (nSPS) is 10.6. The summed E-state index contributed by atoms with van der Waals surface area (Å²) in [5.74, 6) is -0.745. The van der Waals surface area contributed by atoms with Crippen molar-refractivity contribution in [1.82, 2.24) is 10.2 Å². The van der Waals surface area contributed by atoms with Gasteiger partial charge in [0.25, 0.3) is 10.9 Å². The number of nitrogens with zero attached hydrogens (tertiary/aromatic N) is 3. The predicted molar refractivity (Wildman–Crippen MR) is 97.2 cm³/mol. The van der Waals surface area contributed by atoms with Crippen LogP contribution < -0.4 is 5.32 Å². The summed E-state index contributed by atoms with van der Waals surface area (Å²) in [7, 11) is 0. The second-order valence-electron chi connectivity index (χ2n) is 5.14. The standard InChI is InChI=1S/C16H10ClFN4O4S/c17-12-7-10(18)3-6-13(12)19-14(23)8-27-16-21-20-15(26-16)9-1-4-11(5-2-9)22(24)25/h1-7H,8H2,(H,19,23). The Morgan fingerprint density at radius 3 is 2.67 bits per heavy atom. The number of benzene rings is 2. The van der Waals surface area contributed by atoms with Gasteiger partial charge < -0.3 is 9.73 Å². The molecule has 0 fully saturated rings. The molecule has 0 bridgehead atoms. The highest BCUT2D eigenvalue weighted by molar-refractivity contribution is 7.99. The van der Waals surface area contributed by atoms with Crippen LogP contribution in [0.1, 0.15) is 0 Å². The fourth-order valence-corrected chi connectivity index (χ4v) is 2.79. The van der Waals surface area contributed by atoms with Gasteiger partial charge in [-0.1, -0.05) is 23.4 Å². The first-order valence-electron chi connectivity index (χ1n) is 7.38. The number of hydrogen-bond acceptors (Lipinski definition) is 7. The molecule has 1 heterocycles. The summed E-state index contributed by atoms with van der Waals surface area (Å²) < 4.78 is 18.4. The summed E-state index contributed by atoms with van der Waals surface area (Å²) in [5, 5.41) is 21.1. The zero-order valence-electron chi connectivity index (χ0n) is 13.4. The van der Waals surface area contributed by atoms with E-state index >= 15 is 0 Å². The molecule has 0 spiro atoms. The maximum Gasteiger partial charge on any atom is 0.277 e. The molecule has 1 aromatic heterocycles. The number of halogens is 2. The number of nitro groups is 1. The third-order valence-corrected chi connectivity index (χ3v) is 4.39. The number of nitro benzene ring substituents is 1. The summed E-state index contributed by atoms with van der Waals surface area (Å²) in [5.41, 5.74) is 0.757. The van der Waals surface area contributed by atoms with Crippen molar-refractivity contribution < 1.29 is 18.5 Å². The van der Waals surface area contributed by atoms with Crippen molar-refractivity contribution in [3.05, 3.63) is 63.4 Å². The van der Waals surface area contributed by atoms with E-state index in [1.165, 1.54) is 36.4 Å². The van der Waals surface area contributed by atoms with E-state index in [1.807, 2.05) is 0 Å². The number of nitrogens with one attached hydrogen (secondary N) is 1. The van der Waals surface area contributed by atoms with Gasteiger partial charge in [-0.25, -0.2) is 4.39 Å². The van der Waals surface area contributed by atoms with E-state index in [-0.39, 0.29) is 33.5 Å². The van der Waals surface area contributed by atoms with Gasteiger partial charge in [-0.05, 0) is 30.3 Å². The van der Waals surface area contributed by atoms with E-state index in [0.29, 0.717) is 11.3 Å². The zero-order valence-corrected chi connectivity index (χ0v) is 15.0. The van der Waals surface area contributed by atoms with Crippen molar-refractivity contribution in [3.63, 3.8) is 0 Å². The maximum absolute atomic E-state index is 13.0. The van der Waals surface area contributed by atoms with Crippen LogP contribution >= 0.6 is 23.4 Å².